The van der Waals surface area contributed by atoms with Crippen molar-refractivity contribution in [3.63, 3.8) is 0 Å². The maximum absolute atomic E-state index is 13.9. The summed E-state index contributed by atoms with van der Waals surface area (Å²) >= 11 is 6.09. The molecule has 0 N–H and O–H groups in total. The fourth-order valence-corrected chi connectivity index (χ4v) is 2.11. The Bertz CT molecular complexity index is 558. The fourth-order valence-electron chi connectivity index (χ4n) is 1.78. The van der Waals surface area contributed by atoms with Crippen LogP contribution >= 0.6 is 11.6 Å². The third kappa shape index (κ3) is 2.73. The average Bonchev–Trinajstić information content (AvgIpc) is 2.86. The summed E-state index contributed by atoms with van der Waals surface area (Å²) in [7, 11) is 1.34. The molecule has 1 aromatic heterocycles. The lowest BCUT2D eigenvalue weighted by Gasteiger charge is -2.11. The van der Waals surface area contributed by atoms with E-state index < -0.39 is 17.0 Å². The Morgan fingerprint density at radius 1 is 1.26 bits per heavy atom. The largest absolute Gasteiger partial charge is 0.497 e. The molecule has 102 valence electrons. The molecule has 2 rings (SSSR count). The van der Waals surface area contributed by atoms with Gasteiger partial charge in [0.1, 0.15) is 34.3 Å². The summed E-state index contributed by atoms with van der Waals surface area (Å²) < 4.78 is 38.0. The van der Waals surface area contributed by atoms with E-state index in [1.54, 1.807) is 12.1 Å². The van der Waals surface area contributed by atoms with Gasteiger partial charge in [0, 0.05) is 24.1 Å². The van der Waals surface area contributed by atoms with Crippen LogP contribution in [0.5, 0.6) is 5.75 Å². The minimum atomic E-state index is -1.01. The van der Waals surface area contributed by atoms with Gasteiger partial charge in [-0.25, -0.2) is 8.78 Å². The van der Waals surface area contributed by atoms with Gasteiger partial charge >= 0.3 is 0 Å². The van der Waals surface area contributed by atoms with Gasteiger partial charge in [0.25, 0.3) is 0 Å². The van der Waals surface area contributed by atoms with Crippen molar-refractivity contribution in [1.29, 1.82) is 0 Å². The van der Waals surface area contributed by atoms with Crippen LogP contribution in [-0.2, 0) is 6.42 Å². The highest BCUT2D eigenvalue weighted by molar-refractivity contribution is 6.22. The van der Waals surface area contributed by atoms with E-state index >= 15 is 0 Å². The maximum Gasteiger partial charge on any atom is 0.134 e. The molecule has 1 unspecified atom stereocenters. The van der Waals surface area contributed by atoms with Crippen molar-refractivity contribution in [2.45, 2.75) is 18.7 Å². The highest BCUT2D eigenvalue weighted by Crippen LogP contribution is 2.35. The molecule has 2 nitrogen and oxygen atoms in total. The van der Waals surface area contributed by atoms with Crippen LogP contribution in [-0.4, -0.2) is 7.11 Å². The van der Waals surface area contributed by atoms with Gasteiger partial charge in [-0.2, -0.15) is 0 Å². The molecule has 0 amide bonds. The third-order valence-corrected chi connectivity index (χ3v) is 3.26. The molecule has 0 aliphatic heterocycles. The first-order chi connectivity index (χ1) is 9.06. The van der Waals surface area contributed by atoms with Gasteiger partial charge in [0.2, 0.25) is 0 Å². The van der Waals surface area contributed by atoms with E-state index in [0.29, 0.717) is 12.2 Å². The lowest BCUT2D eigenvalue weighted by molar-refractivity contribution is 0.404. The molecule has 0 fully saturated rings. The van der Waals surface area contributed by atoms with E-state index in [-0.39, 0.29) is 11.3 Å². The van der Waals surface area contributed by atoms with E-state index in [1.807, 2.05) is 6.92 Å². The standard InChI is InChI=1S/C14H13ClF2O2/c1-3-8-4-5-12(19-8)14(15)13-10(16)6-9(18-2)7-11(13)17/h4-7,14H,3H2,1-2H3. The monoisotopic (exact) mass is 286 g/mol. The Kier molecular flexibility index (Phi) is 4.10. The first kappa shape index (κ1) is 13.9. The van der Waals surface area contributed by atoms with E-state index in [9.17, 15) is 8.78 Å². The predicted molar refractivity (Wildman–Crippen MR) is 68.7 cm³/mol. The molecular weight excluding hydrogens is 274 g/mol. The highest BCUT2D eigenvalue weighted by atomic mass is 35.5. The zero-order valence-electron chi connectivity index (χ0n) is 10.5. The lowest BCUT2D eigenvalue weighted by Crippen LogP contribution is -2.01. The predicted octanol–water partition coefficient (Wildman–Crippen LogP) is 4.46. The van der Waals surface area contributed by atoms with Crippen LogP contribution in [0, 0.1) is 11.6 Å². The van der Waals surface area contributed by atoms with Gasteiger partial charge in [-0.1, -0.05) is 6.92 Å². The second-order valence-corrected chi connectivity index (χ2v) is 4.46. The van der Waals surface area contributed by atoms with Crippen molar-refractivity contribution in [2.75, 3.05) is 7.11 Å². The van der Waals surface area contributed by atoms with E-state index in [1.165, 1.54) is 7.11 Å². The quantitative estimate of drug-likeness (QED) is 0.775. The van der Waals surface area contributed by atoms with E-state index in [4.69, 9.17) is 20.8 Å². The lowest BCUT2D eigenvalue weighted by atomic mass is 10.1. The number of hydrogen-bond donors (Lipinski definition) is 0. The summed E-state index contributed by atoms with van der Waals surface area (Å²) in [4.78, 5) is 0. The Balaban J connectivity index is 2.40. The molecule has 0 saturated carbocycles. The number of alkyl halides is 1. The van der Waals surface area contributed by atoms with Crippen LogP contribution in [0.1, 0.15) is 29.4 Å². The average molecular weight is 287 g/mol. The van der Waals surface area contributed by atoms with Crippen molar-refractivity contribution >= 4 is 11.6 Å². The zero-order valence-corrected chi connectivity index (χ0v) is 11.3. The molecule has 2 aromatic rings. The Morgan fingerprint density at radius 2 is 1.89 bits per heavy atom. The van der Waals surface area contributed by atoms with Crippen LogP contribution in [0.15, 0.2) is 28.7 Å². The molecule has 0 aliphatic carbocycles. The molecule has 1 aromatic carbocycles. The number of hydrogen-bond acceptors (Lipinski definition) is 2. The van der Waals surface area contributed by atoms with Crippen molar-refractivity contribution < 1.29 is 17.9 Å². The molecule has 0 bridgehead atoms. The minimum Gasteiger partial charge on any atom is -0.497 e. The summed E-state index contributed by atoms with van der Waals surface area (Å²) in [6, 6.07) is 5.55. The number of furan rings is 1. The second-order valence-electron chi connectivity index (χ2n) is 4.02. The normalized spacial score (nSPS) is 12.5. The van der Waals surface area contributed by atoms with Crippen molar-refractivity contribution in [1.82, 2.24) is 0 Å². The van der Waals surface area contributed by atoms with Crippen molar-refractivity contribution in [2.24, 2.45) is 0 Å². The van der Waals surface area contributed by atoms with Crippen LogP contribution in [0.4, 0.5) is 8.78 Å². The Labute approximate surface area is 114 Å². The third-order valence-electron chi connectivity index (χ3n) is 2.82. The van der Waals surface area contributed by atoms with Gasteiger partial charge in [-0.15, -0.1) is 11.6 Å². The number of aryl methyl sites for hydroxylation is 1. The molecule has 0 aliphatic rings. The van der Waals surface area contributed by atoms with Crippen molar-refractivity contribution in [3.8, 4) is 5.75 Å². The van der Waals surface area contributed by atoms with Crippen LogP contribution in [0.25, 0.3) is 0 Å². The summed E-state index contributed by atoms with van der Waals surface area (Å²) in [6.45, 7) is 1.92. The topological polar surface area (TPSA) is 22.4 Å². The van der Waals surface area contributed by atoms with Crippen molar-refractivity contribution in [3.05, 3.63) is 53.0 Å². The molecule has 1 heterocycles. The van der Waals surface area contributed by atoms with Gasteiger partial charge in [-0.3, -0.25) is 0 Å². The SMILES string of the molecule is CCc1ccc(C(Cl)c2c(F)cc(OC)cc2F)o1. The molecule has 1 atom stereocenters. The summed E-state index contributed by atoms with van der Waals surface area (Å²) in [6.07, 6.45) is 0.692. The number of ether oxygens (including phenoxy) is 1. The Hall–Kier alpha value is -1.55. The molecular formula is C14H13ClF2O2. The molecule has 0 spiro atoms. The minimum absolute atomic E-state index is 0.108. The maximum atomic E-state index is 13.9. The van der Waals surface area contributed by atoms with Crippen LogP contribution < -0.4 is 4.74 Å². The van der Waals surface area contributed by atoms with Gasteiger partial charge in [-0.05, 0) is 12.1 Å². The number of halogens is 3. The van der Waals surface area contributed by atoms with Crippen LogP contribution in [0.2, 0.25) is 0 Å². The number of benzene rings is 1. The van der Waals surface area contributed by atoms with Crippen LogP contribution in [0.3, 0.4) is 0 Å². The van der Waals surface area contributed by atoms with Gasteiger partial charge in [0.15, 0.2) is 0 Å². The number of rotatable bonds is 4. The van der Waals surface area contributed by atoms with E-state index in [0.717, 1.165) is 17.9 Å². The Morgan fingerprint density at radius 3 is 2.37 bits per heavy atom. The summed E-state index contributed by atoms with van der Waals surface area (Å²) in [5, 5.41) is -1.01. The molecule has 5 heteroatoms. The number of methoxy groups -OCH3 is 1. The molecule has 19 heavy (non-hydrogen) atoms. The smallest absolute Gasteiger partial charge is 0.134 e. The first-order valence-corrected chi connectivity index (χ1v) is 6.26. The molecule has 0 saturated heterocycles. The fraction of sp³-hybridized carbons (Fsp3) is 0.286. The highest BCUT2D eigenvalue weighted by Gasteiger charge is 2.23. The van der Waals surface area contributed by atoms with Gasteiger partial charge in [0.05, 0.1) is 7.11 Å². The zero-order chi connectivity index (χ0) is 14.0. The van der Waals surface area contributed by atoms with Gasteiger partial charge < -0.3 is 9.15 Å². The van der Waals surface area contributed by atoms with E-state index in [2.05, 4.69) is 0 Å². The summed E-state index contributed by atoms with van der Waals surface area (Å²) in [5.41, 5.74) is -0.237. The summed E-state index contributed by atoms with van der Waals surface area (Å²) in [5.74, 6) is -0.370. The second kappa shape index (κ2) is 5.61. The first-order valence-electron chi connectivity index (χ1n) is 5.82. The molecule has 0 radical (unpaired) electrons.